The second-order valence-electron chi connectivity index (χ2n) is 5.44. The molecule has 0 spiro atoms. The van der Waals surface area contributed by atoms with Crippen molar-refractivity contribution in [3.8, 4) is 0 Å². The predicted molar refractivity (Wildman–Crippen MR) is 83.7 cm³/mol. The molecule has 0 aliphatic heterocycles. The molecule has 1 aromatic rings. The van der Waals surface area contributed by atoms with Gasteiger partial charge in [-0.25, -0.2) is 13.1 Å². The molecule has 1 fully saturated rings. The fourth-order valence-corrected chi connectivity index (χ4v) is 5.10. The molecule has 0 bridgehead atoms. The number of hydrogen-bond donors (Lipinski definition) is 2. The van der Waals surface area contributed by atoms with Gasteiger partial charge >= 0.3 is 0 Å². The third kappa shape index (κ3) is 5.09. The van der Waals surface area contributed by atoms with Crippen LogP contribution >= 0.6 is 11.3 Å². The SMILES string of the molecule is CC(=O)NCc1ccc(S(=O)(=O)NC2CCCCCC2)s1. The van der Waals surface area contributed by atoms with Crippen LogP contribution < -0.4 is 10.0 Å². The lowest BCUT2D eigenvalue weighted by Gasteiger charge is -2.15. The zero-order valence-corrected chi connectivity index (χ0v) is 13.9. The molecule has 1 aliphatic rings. The summed E-state index contributed by atoms with van der Waals surface area (Å²) >= 11 is 1.21. The average molecular weight is 330 g/mol. The lowest BCUT2D eigenvalue weighted by atomic mass is 10.1. The van der Waals surface area contributed by atoms with Crippen LogP contribution in [0.4, 0.5) is 0 Å². The Kier molecular flexibility index (Phi) is 5.78. The Morgan fingerprint density at radius 2 is 1.90 bits per heavy atom. The van der Waals surface area contributed by atoms with E-state index in [9.17, 15) is 13.2 Å². The van der Waals surface area contributed by atoms with E-state index in [0.717, 1.165) is 30.6 Å². The van der Waals surface area contributed by atoms with Crippen LogP contribution in [0.5, 0.6) is 0 Å². The summed E-state index contributed by atoms with van der Waals surface area (Å²) in [5.74, 6) is -0.121. The molecule has 0 saturated heterocycles. The molecular formula is C14H22N2O3S2. The Hall–Kier alpha value is -0.920. The van der Waals surface area contributed by atoms with Crippen LogP contribution in [0, 0.1) is 0 Å². The maximum atomic E-state index is 12.4. The second kappa shape index (κ2) is 7.38. The third-order valence-electron chi connectivity index (χ3n) is 3.59. The first-order chi connectivity index (χ1) is 9.97. The van der Waals surface area contributed by atoms with Crippen LogP contribution in [-0.4, -0.2) is 20.4 Å². The zero-order valence-electron chi connectivity index (χ0n) is 12.2. The molecule has 5 nitrogen and oxygen atoms in total. The highest BCUT2D eigenvalue weighted by atomic mass is 32.2. The topological polar surface area (TPSA) is 75.3 Å². The molecule has 0 radical (unpaired) electrons. The lowest BCUT2D eigenvalue weighted by molar-refractivity contribution is -0.119. The van der Waals surface area contributed by atoms with Crippen LogP contribution in [0.15, 0.2) is 16.3 Å². The minimum Gasteiger partial charge on any atom is -0.351 e. The van der Waals surface area contributed by atoms with Crippen molar-refractivity contribution in [1.29, 1.82) is 0 Å². The fraction of sp³-hybridized carbons (Fsp3) is 0.643. The molecule has 0 atom stereocenters. The van der Waals surface area contributed by atoms with E-state index in [2.05, 4.69) is 10.0 Å². The van der Waals surface area contributed by atoms with Gasteiger partial charge in [-0.1, -0.05) is 25.7 Å². The first-order valence-corrected chi connectivity index (χ1v) is 9.63. The number of thiophene rings is 1. The van der Waals surface area contributed by atoms with Gasteiger partial charge in [0, 0.05) is 17.8 Å². The number of carbonyl (C=O) groups excluding carboxylic acids is 1. The molecular weight excluding hydrogens is 308 g/mol. The quantitative estimate of drug-likeness (QED) is 0.814. The smallest absolute Gasteiger partial charge is 0.250 e. The average Bonchev–Trinajstić information content (AvgIpc) is 2.76. The van der Waals surface area contributed by atoms with Gasteiger partial charge in [0.15, 0.2) is 0 Å². The maximum Gasteiger partial charge on any atom is 0.250 e. The van der Waals surface area contributed by atoms with Crippen molar-refractivity contribution in [2.45, 2.75) is 62.2 Å². The summed E-state index contributed by atoms with van der Waals surface area (Å²) in [6.07, 6.45) is 6.40. The number of amides is 1. The summed E-state index contributed by atoms with van der Waals surface area (Å²) in [5, 5.41) is 2.67. The lowest BCUT2D eigenvalue weighted by Crippen LogP contribution is -2.33. The summed E-state index contributed by atoms with van der Waals surface area (Å²) in [7, 11) is -3.44. The first-order valence-electron chi connectivity index (χ1n) is 7.33. The summed E-state index contributed by atoms with van der Waals surface area (Å²) < 4.78 is 27.9. The summed E-state index contributed by atoms with van der Waals surface area (Å²) in [4.78, 5) is 11.7. The Bertz CT molecular complexity index is 573. The molecule has 0 unspecified atom stereocenters. The number of hydrogen-bond acceptors (Lipinski definition) is 4. The highest BCUT2D eigenvalue weighted by Crippen LogP contribution is 2.24. The maximum absolute atomic E-state index is 12.4. The van der Waals surface area contributed by atoms with Gasteiger partial charge in [-0.15, -0.1) is 11.3 Å². The summed E-state index contributed by atoms with van der Waals surface area (Å²) in [5.41, 5.74) is 0. The number of rotatable bonds is 5. The molecule has 1 amide bonds. The normalized spacial score (nSPS) is 17.4. The van der Waals surface area contributed by atoms with E-state index < -0.39 is 10.0 Å². The minimum atomic E-state index is -3.44. The van der Waals surface area contributed by atoms with Gasteiger partial charge in [0.05, 0.1) is 6.54 Å². The molecule has 1 heterocycles. The van der Waals surface area contributed by atoms with E-state index in [1.54, 1.807) is 12.1 Å². The van der Waals surface area contributed by atoms with E-state index in [4.69, 9.17) is 0 Å². The van der Waals surface area contributed by atoms with Crippen molar-refractivity contribution in [3.63, 3.8) is 0 Å². The Morgan fingerprint density at radius 3 is 2.52 bits per heavy atom. The van der Waals surface area contributed by atoms with E-state index >= 15 is 0 Å². The van der Waals surface area contributed by atoms with Crippen LogP contribution in [0.2, 0.25) is 0 Å². The van der Waals surface area contributed by atoms with Crippen molar-refractivity contribution in [2.75, 3.05) is 0 Å². The highest BCUT2D eigenvalue weighted by Gasteiger charge is 2.22. The molecule has 2 N–H and O–H groups in total. The standard InChI is InChI=1S/C14H22N2O3S2/c1-11(17)15-10-13-8-9-14(20-13)21(18,19)16-12-6-4-2-3-5-7-12/h8-9,12,16H,2-7,10H2,1H3,(H,15,17). The summed E-state index contributed by atoms with van der Waals surface area (Å²) in [6.45, 7) is 1.82. The van der Waals surface area contributed by atoms with Gasteiger partial charge in [-0.3, -0.25) is 4.79 Å². The van der Waals surface area contributed by atoms with E-state index in [1.807, 2.05) is 0 Å². The number of nitrogens with one attached hydrogen (secondary N) is 2. The highest BCUT2D eigenvalue weighted by molar-refractivity contribution is 7.91. The van der Waals surface area contributed by atoms with Gasteiger partial charge in [0.1, 0.15) is 4.21 Å². The van der Waals surface area contributed by atoms with Crippen molar-refractivity contribution >= 4 is 27.3 Å². The van der Waals surface area contributed by atoms with Gasteiger partial charge in [-0.05, 0) is 25.0 Å². The number of carbonyl (C=O) groups is 1. The minimum absolute atomic E-state index is 0.0541. The summed E-state index contributed by atoms with van der Waals surface area (Å²) in [6, 6.07) is 3.42. The van der Waals surface area contributed by atoms with E-state index in [1.165, 1.54) is 31.1 Å². The van der Waals surface area contributed by atoms with Crippen LogP contribution in [-0.2, 0) is 21.4 Å². The van der Waals surface area contributed by atoms with Gasteiger partial charge in [-0.2, -0.15) is 0 Å². The van der Waals surface area contributed by atoms with Gasteiger partial charge in [0.2, 0.25) is 15.9 Å². The van der Waals surface area contributed by atoms with Crippen molar-refractivity contribution in [1.82, 2.24) is 10.0 Å². The van der Waals surface area contributed by atoms with E-state index in [-0.39, 0.29) is 11.9 Å². The molecule has 1 aromatic heterocycles. The van der Waals surface area contributed by atoms with Crippen molar-refractivity contribution in [2.24, 2.45) is 0 Å². The van der Waals surface area contributed by atoms with Crippen LogP contribution in [0.1, 0.15) is 50.3 Å². The second-order valence-corrected chi connectivity index (χ2v) is 8.55. The molecule has 118 valence electrons. The van der Waals surface area contributed by atoms with E-state index in [0.29, 0.717) is 10.8 Å². The zero-order chi connectivity index (χ0) is 15.3. The molecule has 0 aromatic carbocycles. The Balaban J connectivity index is 1.99. The largest absolute Gasteiger partial charge is 0.351 e. The van der Waals surface area contributed by atoms with Crippen molar-refractivity contribution in [3.05, 3.63) is 17.0 Å². The molecule has 7 heteroatoms. The number of sulfonamides is 1. The predicted octanol–water partition coefficient (Wildman–Crippen LogP) is 2.39. The third-order valence-corrected chi connectivity index (χ3v) is 6.69. The van der Waals surface area contributed by atoms with Crippen LogP contribution in [0.3, 0.4) is 0 Å². The van der Waals surface area contributed by atoms with Gasteiger partial charge in [0.25, 0.3) is 0 Å². The molecule has 1 saturated carbocycles. The Morgan fingerprint density at radius 1 is 1.24 bits per heavy atom. The van der Waals surface area contributed by atoms with Crippen molar-refractivity contribution < 1.29 is 13.2 Å². The molecule has 1 aliphatic carbocycles. The molecule has 21 heavy (non-hydrogen) atoms. The van der Waals surface area contributed by atoms with Gasteiger partial charge < -0.3 is 5.32 Å². The first kappa shape index (κ1) is 16.5. The fourth-order valence-electron chi connectivity index (χ4n) is 2.48. The Labute approximate surface area is 130 Å². The monoisotopic (exact) mass is 330 g/mol. The van der Waals surface area contributed by atoms with Crippen LogP contribution in [0.25, 0.3) is 0 Å². The molecule has 2 rings (SSSR count).